The smallest absolute Gasteiger partial charge is 0.338 e. The van der Waals surface area contributed by atoms with Crippen molar-refractivity contribution in [3.63, 3.8) is 0 Å². The van der Waals surface area contributed by atoms with Gasteiger partial charge in [-0.1, -0.05) is 94.9 Å². The van der Waals surface area contributed by atoms with Gasteiger partial charge in [-0.15, -0.1) is 0 Å². The average molecular weight is 715 g/mol. The molecule has 39 heavy (non-hydrogen) atoms. The maximum absolute atomic E-state index is 14.0. The number of rotatable bonds is 7. The molecule has 0 unspecified atom stereocenters. The molecule has 6 nitrogen and oxygen atoms in total. The van der Waals surface area contributed by atoms with Crippen LogP contribution in [0.25, 0.3) is 6.08 Å². The van der Waals surface area contributed by atoms with E-state index in [2.05, 4.69) is 38.5 Å². The van der Waals surface area contributed by atoms with Gasteiger partial charge in [-0.3, -0.25) is 9.36 Å². The van der Waals surface area contributed by atoms with E-state index in [0.717, 1.165) is 24.7 Å². The second kappa shape index (κ2) is 12.0. The molecule has 0 radical (unpaired) electrons. The van der Waals surface area contributed by atoms with E-state index in [1.807, 2.05) is 85.8 Å². The molecular formula is C30H24BrIN2O4S. The molecule has 1 aliphatic rings. The van der Waals surface area contributed by atoms with E-state index in [1.54, 1.807) is 4.57 Å². The minimum absolute atomic E-state index is 0.229. The summed E-state index contributed by atoms with van der Waals surface area (Å²) in [4.78, 5) is 32.2. The summed E-state index contributed by atoms with van der Waals surface area (Å²) in [7, 11) is 1.35. The van der Waals surface area contributed by atoms with Crippen molar-refractivity contribution in [3.8, 4) is 5.75 Å². The Bertz CT molecular complexity index is 1750. The van der Waals surface area contributed by atoms with Crippen molar-refractivity contribution >= 4 is 61.9 Å². The van der Waals surface area contributed by atoms with Crippen LogP contribution in [0.4, 0.5) is 0 Å². The van der Waals surface area contributed by atoms with E-state index in [-0.39, 0.29) is 5.56 Å². The zero-order valence-electron chi connectivity index (χ0n) is 21.2. The lowest BCUT2D eigenvalue weighted by Gasteiger charge is -2.25. The van der Waals surface area contributed by atoms with Gasteiger partial charge in [0.05, 0.1) is 32.5 Å². The molecule has 2 heterocycles. The van der Waals surface area contributed by atoms with Gasteiger partial charge in [0.2, 0.25) is 0 Å². The summed E-state index contributed by atoms with van der Waals surface area (Å²) >= 11 is 7.13. The van der Waals surface area contributed by atoms with Crippen LogP contribution in [-0.4, -0.2) is 17.6 Å². The second-order valence-electron chi connectivity index (χ2n) is 8.78. The number of allylic oxidation sites excluding steroid dienone is 1. The Morgan fingerprint density at radius 3 is 2.49 bits per heavy atom. The van der Waals surface area contributed by atoms with Crippen LogP contribution in [0.15, 0.2) is 98.3 Å². The fourth-order valence-electron chi connectivity index (χ4n) is 4.53. The van der Waals surface area contributed by atoms with Crippen molar-refractivity contribution in [3.05, 3.63) is 128 Å². The van der Waals surface area contributed by atoms with Crippen LogP contribution in [0.2, 0.25) is 0 Å². The number of ether oxygens (including phenoxy) is 2. The minimum Gasteiger partial charge on any atom is -0.487 e. The maximum Gasteiger partial charge on any atom is 0.338 e. The van der Waals surface area contributed by atoms with Gasteiger partial charge < -0.3 is 9.47 Å². The van der Waals surface area contributed by atoms with Crippen molar-refractivity contribution in [2.24, 2.45) is 4.99 Å². The molecule has 5 rings (SSSR count). The molecule has 1 aliphatic heterocycles. The minimum atomic E-state index is -0.636. The van der Waals surface area contributed by atoms with Gasteiger partial charge in [0, 0.05) is 10.0 Å². The lowest BCUT2D eigenvalue weighted by Crippen LogP contribution is -2.40. The first-order valence-electron chi connectivity index (χ1n) is 12.2. The third-order valence-electron chi connectivity index (χ3n) is 6.32. The Morgan fingerprint density at radius 2 is 1.82 bits per heavy atom. The second-order valence-corrected chi connectivity index (χ2v) is 11.9. The number of aromatic nitrogens is 1. The number of hydrogen-bond acceptors (Lipinski definition) is 6. The molecule has 0 saturated heterocycles. The largest absolute Gasteiger partial charge is 0.487 e. The highest BCUT2D eigenvalue weighted by atomic mass is 127. The van der Waals surface area contributed by atoms with Crippen LogP contribution in [0.3, 0.4) is 0 Å². The summed E-state index contributed by atoms with van der Waals surface area (Å²) in [5.41, 5.74) is 3.41. The van der Waals surface area contributed by atoms with E-state index in [9.17, 15) is 9.59 Å². The van der Waals surface area contributed by atoms with Crippen LogP contribution in [0.5, 0.6) is 5.75 Å². The number of carbonyl (C=O) groups is 1. The Labute approximate surface area is 251 Å². The molecular weight excluding hydrogens is 691 g/mol. The standard InChI is InChI=1S/C30H24BrIN2O4S/c1-3-23-25(29(36)37-2)26(19-12-8-5-9-13-19)34-28(35)24(39-30(34)33-23)15-20-14-21(31)16-22(32)27(20)38-17-18-10-6-4-7-11-18/h4-16,26H,3,17H2,1-2H3/b24-15+/t26-/m1/s1. The summed E-state index contributed by atoms with van der Waals surface area (Å²) in [6.45, 7) is 2.34. The molecule has 0 N–H and O–H groups in total. The molecule has 1 aromatic heterocycles. The molecule has 198 valence electrons. The van der Waals surface area contributed by atoms with Crippen molar-refractivity contribution in [2.75, 3.05) is 7.11 Å². The summed E-state index contributed by atoms with van der Waals surface area (Å²) in [5, 5.41) is 0. The topological polar surface area (TPSA) is 69.9 Å². The van der Waals surface area contributed by atoms with Crippen LogP contribution < -0.4 is 19.6 Å². The number of nitrogens with zero attached hydrogens (tertiary/aromatic N) is 2. The van der Waals surface area contributed by atoms with Crippen LogP contribution in [-0.2, 0) is 16.1 Å². The first-order chi connectivity index (χ1) is 18.9. The van der Waals surface area contributed by atoms with Gasteiger partial charge >= 0.3 is 5.97 Å². The number of hydrogen-bond donors (Lipinski definition) is 0. The first kappa shape index (κ1) is 27.5. The molecule has 3 aromatic carbocycles. The van der Waals surface area contributed by atoms with Crippen molar-refractivity contribution < 1.29 is 14.3 Å². The number of esters is 1. The predicted octanol–water partition coefficient (Wildman–Crippen LogP) is 5.74. The Balaban J connectivity index is 1.68. The van der Waals surface area contributed by atoms with Gasteiger partial charge in [-0.25, -0.2) is 9.79 Å². The molecule has 0 aliphatic carbocycles. The zero-order valence-corrected chi connectivity index (χ0v) is 25.7. The van der Waals surface area contributed by atoms with Gasteiger partial charge in [0.25, 0.3) is 5.56 Å². The molecule has 0 fully saturated rings. The van der Waals surface area contributed by atoms with Gasteiger partial charge in [-0.05, 0) is 58.3 Å². The number of benzene rings is 3. The molecule has 9 heteroatoms. The van der Waals surface area contributed by atoms with Crippen molar-refractivity contribution in [2.45, 2.75) is 26.0 Å². The van der Waals surface area contributed by atoms with E-state index in [1.165, 1.54) is 18.4 Å². The fraction of sp³-hybridized carbons (Fsp3) is 0.167. The molecule has 0 bridgehead atoms. The van der Waals surface area contributed by atoms with E-state index in [0.29, 0.717) is 39.4 Å². The average Bonchev–Trinajstić information content (AvgIpc) is 3.26. The first-order valence-corrected chi connectivity index (χ1v) is 14.9. The molecule has 4 aromatic rings. The highest BCUT2D eigenvalue weighted by Crippen LogP contribution is 2.33. The molecule has 1 atom stereocenters. The van der Waals surface area contributed by atoms with Crippen LogP contribution in [0.1, 0.15) is 36.1 Å². The summed E-state index contributed by atoms with van der Waals surface area (Å²) in [5.74, 6) is 0.203. The number of thiazole rings is 1. The zero-order chi connectivity index (χ0) is 27.5. The third kappa shape index (κ3) is 5.66. The lowest BCUT2D eigenvalue weighted by molar-refractivity contribution is -0.136. The van der Waals surface area contributed by atoms with Gasteiger partial charge in [-0.2, -0.15) is 0 Å². The maximum atomic E-state index is 14.0. The highest BCUT2D eigenvalue weighted by molar-refractivity contribution is 14.1. The normalized spacial score (nSPS) is 15.1. The summed E-state index contributed by atoms with van der Waals surface area (Å²) in [6.07, 6.45) is 2.37. The van der Waals surface area contributed by atoms with E-state index in [4.69, 9.17) is 14.5 Å². The molecule has 0 saturated carbocycles. The Kier molecular flexibility index (Phi) is 8.49. The van der Waals surface area contributed by atoms with E-state index >= 15 is 0 Å². The molecule has 0 spiro atoms. The predicted molar refractivity (Wildman–Crippen MR) is 164 cm³/mol. The Morgan fingerprint density at radius 1 is 1.13 bits per heavy atom. The highest BCUT2D eigenvalue weighted by Gasteiger charge is 2.33. The summed E-state index contributed by atoms with van der Waals surface area (Å²) < 4.78 is 15.3. The van der Waals surface area contributed by atoms with E-state index < -0.39 is 12.0 Å². The lowest BCUT2D eigenvalue weighted by atomic mass is 9.95. The number of halogens is 2. The summed E-state index contributed by atoms with van der Waals surface area (Å²) in [6, 6.07) is 22.7. The third-order valence-corrected chi connectivity index (χ3v) is 8.56. The number of carbonyl (C=O) groups excluding carboxylic acids is 1. The molecule has 0 amide bonds. The van der Waals surface area contributed by atoms with Gasteiger partial charge in [0.1, 0.15) is 12.4 Å². The SMILES string of the molecule is CCC1=C(C(=O)OC)[C@@H](c2ccccc2)n2c(s/c(=C/c3cc(Br)cc(I)c3OCc3ccccc3)c2=O)=N1. The van der Waals surface area contributed by atoms with Crippen LogP contribution in [0, 0.1) is 3.57 Å². The van der Waals surface area contributed by atoms with Crippen molar-refractivity contribution in [1.29, 1.82) is 0 Å². The Hall–Kier alpha value is -3.02. The quantitative estimate of drug-likeness (QED) is 0.181. The number of methoxy groups -OCH3 is 1. The fourth-order valence-corrected chi connectivity index (χ4v) is 7.24. The monoisotopic (exact) mass is 714 g/mol. The van der Waals surface area contributed by atoms with Crippen LogP contribution >= 0.6 is 49.9 Å². The number of fused-ring (bicyclic) bond motifs is 1. The van der Waals surface area contributed by atoms with Crippen molar-refractivity contribution in [1.82, 2.24) is 4.57 Å². The van der Waals surface area contributed by atoms with Gasteiger partial charge in [0.15, 0.2) is 4.80 Å².